The van der Waals surface area contributed by atoms with Crippen molar-refractivity contribution in [3.8, 4) is 28.3 Å². The van der Waals surface area contributed by atoms with Crippen molar-refractivity contribution in [3.63, 3.8) is 0 Å². The summed E-state index contributed by atoms with van der Waals surface area (Å²) in [5.74, 6) is 0.621. The number of rotatable bonds is 4. The van der Waals surface area contributed by atoms with Crippen LogP contribution in [0.1, 0.15) is 25.7 Å². The normalized spacial score (nSPS) is 25.1. The molecule has 168 valence electrons. The van der Waals surface area contributed by atoms with Gasteiger partial charge in [-0.1, -0.05) is 6.07 Å². The van der Waals surface area contributed by atoms with E-state index >= 15 is 0 Å². The van der Waals surface area contributed by atoms with E-state index in [0.29, 0.717) is 24.2 Å². The monoisotopic (exact) mass is 445 g/mol. The molecule has 32 heavy (non-hydrogen) atoms. The van der Waals surface area contributed by atoms with Crippen LogP contribution < -0.4 is 10.2 Å². The van der Waals surface area contributed by atoms with Gasteiger partial charge in [-0.2, -0.15) is 18.3 Å². The van der Waals surface area contributed by atoms with Gasteiger partial charge in [-0.05, 0) is 43.4 Å². The highest BCUT2D eigenvalue weighted by molar-refractivity contribution is 5.72. The van der Waals surface area contributed by atoms with Crippen molar-refractivity contribution in [2.45, 2.75) is 49.5 Å². The lowest BCUT2D eigenvalue weighted by molar-refractivity contribution is -0.199. The lowest BCUT2D eigenvalue weighted by Gasteiger charge is -2.43. The van der Waals surface area contributed by atoms with E-state index in [9.17, 15) is 18.3 Å². The minimum Gasteiger partial charge on any atom is -0.507 e. The van der Waals surface area contributed by atoms with E-state index in [1.807, 2.05) is 6.07 Å². The number of hydrogen-bond acceptors (Lipinski definition) is 7. The molecular formula is C21H22F3N7O. The molecule has 11 heteroatoms. The van der Waals surface area contributed by atoms with E-state index in [4.69, 9.17) is 0 Å². The molecule has 0 saturated carbocycles. The molecular weight excluding hydrogens is 423 g/mol. The summed E-state index contributed by atoms with van der Waals surface area (Å²) in [5.41, 5.74) is 0.187. The molecule has 2 aliphatic heterocycles. The van der Waals surface area contributed by atoms with Crippen LogP contribution in [0.5, 0.6) is 5.75 Å². The van der Waals surface area contributed by atoms with Gasteiger partial charge in [0, 0.05) is 30.9 Å². The van der Waals surface area contributed by atoms with Crippen molar-refractivity contribution in [2.24, 2.45) is 0 Å². The Morgan fingerprint density at radius 1 is 1.19 bits per heavy atom. The Morgan fingerprint density at radius 2 is 2.03 bits per heavy atom. The number of aromatic amines is 1. The molecule has 3 N–H and O–H groups in total. The minimum atomic E-state index is -4.30. The van der Waals surface area contributed by atoms with Gasteiger partial charge in [-0.15, -0.1) is 10.2 Å². The number of anilines is 1. The molecule has 3 atom stereocenters. The molecule has 5 rings (SSSR count). The van der Waals surface area contributed by atoms with Gasteiger partial charge in [-0.25, -0.2) is 4.98 Å². The van der Waals surface area contributed by atoms with E-state index in [1.54, 1.807) is 36.5 Å². The molecule has 0 amide bonds. The number of nitrogens with zero attached hydrogens (tertiary/aromatic N) is 5. The number of H-pyrrole nitrogens is 1. The van der Waals surface area contributed by atoms with Crippen LogP contribution in [0.25, 0.3) is 22.5 Å². The van der Waals surface area contributed by atoms with E-state index in [0.717, 1.165) is 11.1 Å². The van der Waals surface area contributed by atoms with Crippen molar-refractivity contribution in [1.82, 2.24) is 30.7 Å². The highest BCUT2D eigenvalue weighted by Gasteiger charge is 2.61. The molecule has 8 nitrogen and oxygen atoms in total. The first kappa shape index (κ1) is 20.7. The zero-order valence-electron chi connectivity index (χ0n) is 17.3. The Bertz CT molecular complexity index is 1100. The predicted molar refractivity (Wildman–Crippen MR) is 111 cm³/mol. The third-order valence-electron chi connectivity index (χ3n) is 6.61. The summed E-state index contributed by atoms with van der Waals surface area (Å²) in [6.07, 6.45) is 1.73. The number of benzene rings is 1. The van der Waals surface area contributed by atoms with Gasteiger partial charge in [0.25, 0.3) is 0 Å². The quantitative estimate of drug-likeness (QED) is 0.566. The maximum Gasteiger partial charge on any atom is 0.406 e. The lowest BCUT2D eigenvalue weighted by Crippen LogP contribution is -2.62. The predicted octanol–water partition coefficient (Wildman–Crippen LogP) is 3.29. The van der Waals surface area contributed by atoms with Gasteiger partial charge in [-0.3, -0.25) is 5.10 Å². The number of phenolic OH excluding ortho intramolecular Hbond substituents is 1. The second-order valence-electron chi connectivity index (χ2n) is 8.52. The standard InChI is InChI=1S/C21H22F3N7O/c1-31(15-7-14-4-5-20(8-15,28-14)21(22,23)24)18-11-25-19(30-29-18)16-3-2-12(6-17(16)32)13-9-26-27-10-13/h2-3,6,9-11,14-15,28,32H,4-5,7-8H2,1H3,(H,26,27)/t14-,15-,20+/m0/s1. The molecule has 2 bridgehead atoms. The highest BCUT2D eigenvalue weighted by atomic mass is 19.4. The summed E-state index contributed by atoms with van der Waals surface area (Å²) >= 11 is 0. The highest BCUT2D eigenvalue weighted by Crippen LogP contribution is 2.47. The van der Waals surface area contributed by atoms with Gasteiger partial charge in [0.05, 0.1) is 18.0 Å². The average Bonchev–Trinajstić information content (AvgIpc) is 3.41. The molecule has 0 spiro atoms. The second-order valence-corrected chi connectivity index (χ2v) is 8.52. The van der Waals surface area contributed by atoms with Crippen molar-refractivity contribution in [3.05, 3.63) is 36.8 Å². The molecule has 2 fully saturated rings. The van der Waals surface area contributed by atoms with Crippen LogP contribution >= 0.6 is 0 Å². The molecule has 1 aromatic carbocycles. The fourth-order valence-electron chi connectivity index (χ4n) is 4.79. The Labute approximate surface area is 181 Å². The minimum absolute atomic E-state index is 0.00588. The number of nitrogens with one attached hydrogen (secondary N) is 2. The number of fused-ring (bicyclic) bond motifs is 2. The first-order valence-electron chi connectivity index (χ1n) is 10.4. The molecule has 4 heterocycles. The van der Waals surface area contributed by atoms with E-state index in [1.165, 1.54) is 6.20 Å². The van der Waals surface area contributed by atoms with E-state index in [-0.39, 0.29) is 36.5 Å². The second kappa shape index (κ2) is 7.44. The summed E-state index contributed by atoms with van der Waals surface area (Å²) in [4.78, 5) is 6.03. The Kier molecular flexibility index (Phi) is 4.81. The molecule has 2 aliphatic rings. The van der Waals surface area contributed by atoms with Gasteiger partial charge >= 0.3 is 6.18 Å². The molecule has 0 unspecified atom stereocenters. The van der Waals surface area contributed by atoms with Crippen molar-refractivity contribution in [1.29, 1.82) is 0 Å². The van der Waals surface area contributed by atoms with E-state index < -0.39 is 11.7 Å². The summed E-state index contributed by atoms with van der Waals surface area (Å²) in [5, 5.41) is 28.1. The molecule has 0 radical (unpaired) electrons. The summed E-state index contributed by atoms with van der Waals surface area (Å²) in [7, 11) is 1.72. The zero-order valence-corrected chi connectivity index (χ0v) is 17.3. The number of hydrogen-bond donors (Lipinski definition) is 3. The van der Waals surface area contributed by atoms with Crippen LogP contribution in [0.15, 0.2) is 36.8 Å². The maximum atomic E-state index is 13.7. The van der Waals surface area contributed by atoms with Crippen LogP contribution in [0.3, 0.4) is 0 Å². The first-order chi connectivity index (χ1) is 15.3. The number of piperidine rings is 1. The third-order valence-corrected chi connectivity index (χ3v) is 6.61. The van der Waals surface area contributed by atoms with E-state index in [2.05, 4.69) is 30.7 Å². The van der Waals surface area contributed by atoms with Crippen LogP contribution in [0.4, 0.5) is 19.0 Å². The first-order valence-corrected chi connectivity index (χ1v) is 10.4. The fraction of sp³-hybridized carbons (Fsp3) is 0.429. The Balaban J connectivity index is 1.35. The largest absolute Gasteiger partial charge is 0.507 e. The maximum absolute atomic E-state index is 13.7. The Hall–Kier alpha value is -3.21. The van der Waals surface area contributed by atoms with Crippen molar-refractivity contribution in [2.75, 3.05) is 11.9 Å². The van der Waals surface area contributed by atoms with Crippen molar-refractivity contribution >= 4 is 5.82 Å². The summed E-state index contributed by atoms with van der Waals surface area (Å²) in [6, 6.07) is 4.60. The molecule has 2 aromatic heterocycles. The molecule has 2 saturated heterocycles. The van der Waals surface area contributed by atoms with Gasteiger partial charge < -0.3 is 15.3 Å². The number of phenols is 1. The van der Waals surface area contributed by atoms with Gasteiger partial charge in [0.1, 0.15) is 11.3 Å². The topological polar surface area (TPSA) is 103 Å². The average molecular weight is 445 g/mol. The Morgan fingerprint density at radius 3 is 2.69 bits per heavy atom. The number of alkyl halides is 3. The molecule has 0 aliphatic carbocycles. The number of aromatic nitrogens is 5. The van der Waals surface area contributed by atoms with Gasteiger partial charge in [0.15, 0.2) is 11.6 Å². The van der Waals surface area contributed by atoms with Crippen LogP contribution in [0.2, 0.25) is 0 Å². The fourth-order valence-corrected chi connectivity index (χ4v) is 4.79. The van der Waals surface area contributed by atoms with Crippen molar-refractivity contribution < 1.29 is 18.3 Å². The number of halogens is 3. The lowest BCUT2D eigenvalue weighted by atomic mass is 9.86. The van der Waals surface area contributed by atoms with Crippen LogP contribution in [-0.4, -0.2) is 61.3 Å². The van der Waals surface area contributed by atoms with Crippen LogP contribution in [-0.2, 0) is 0 Å². The van der Waals surface area contributed by atoms with Gasteiger partial charge in [0.2, 0.25) is 0 Å². The third kappa shape index (κ3) is 3.46. The number of aromatic hydroxyl groups is 1. The zero-order chi connectivity index (χ0) is 22.5. The molecule has 3 aromatic rings. The smallest absolute Gasteiger partial charge is 0.406 e. The summed E-state index contributed by atoms with van der Waals surface area (Å²) in [6.45, 7) is 0. The summed E-state index contributed by atoms with van der Waals surface area (Å²) < 4.78 is 41.1. The SMILES string of the molecule is CN(c1cnc(-c2ccc(-c3cn[nH]c3)cc2O)nn1)[C@H]1C[C@@H]2CC[C@](C(F)(F)F)(C1)N2. The van der Waals surface area contributed by atoms with Crippen LogP contribution in [0, 0.1) is 0 Å².